The Balaban J connectivity index is 1.48. The van der Waals surface area contributed by atoms with Gasteiger partial charge in [0.25, 0.3) is 0 Å². The summed E-state index contributed by atoms with van der Waals surface area (Å²) in [6.45, 7) is 2.74. The minimum atomic E-state index is 0.356. The van der Waals surface area contributed by atoms with E-state index in [4.69, 9.17) is 9.47 Å². The van der Waals surface area contributed by atoms with E-state index >= 15 is 0 Å². The lowest BCUT2D eigenvalue weighted by Crippen LogP contribution is -2.41. The van der Waals surface area contributed by atoms with Gasteiger partial charge in [0.2, 0.25) is 6.79 Å². The second-order valence-corrected chi connectivity index (χ2v) is 7.34. The van der Waals surface area contributed by atoms with Gasteiger partial charge in [-0.2, -0.15) is 0 Å². The van der Waals surface area contributed by atoms with E-state index < -0.39 is 0 Å². The molecule has 0 radical (unpaired) electrons. The van der Waals surface area contributed by atoms with Crippen molar-refractivity contribution in [3.8, 4) is 11.5 Å². The maximum atomic E-state index is 5.51. The molecule has 2 aliphatic heterocycles. The predicted molar refractivity (Wildman–Crippen MR) is 90.9 cm³/mol. The van der Waals surface area contributed by atoms with Gasteiger partial charge in [-0.1, -0.05) is 12.2 Å². The summed E-state index contributed by atoms with van der Waals surface area (Å²) >= 11 is 2.41. The van der Waals surface area contributed by atoms with E-state index in [0.717, 1.165) is 24.5 Å². The zero-order valence-corrected chi connectivity index (χ0v) is 14.3. The summed E-state index contributed by atoms with van der Waals surface area (Å²) in [5.41, 5.74) is 1.76. The van der Waals surface area contributed by atoms with Crippen LogP contribution in [0.15, 0.2) is 24.3 Å². The molecule has 3 aliphatic rings. The molecule has 21 heavy (non-hydrogen) atoms. The fourth-order valence-electron chi connectivity index (χ4n) is 3.89. The Bertz CT molecular complexity index is 586. The zero-order valence-electron chi connectivity index (χ0n) is 12.1. The van der Waals surface area contributed by atoms with Crippen molar-refractivity contribution in [1.82, 2.24) is 4.90 Å². The fourth-order valence-corrected chi connectivity index (χ4v) is 4.60. The molecule has 0 aromatic heterocycles. The van der Waals surface area contributed by atoms with Crippen molar-refractivity contribution in [1.29, 1.82) is 0 Å². The second-order valence-electron chi connectivity index (χ2n) is 6.18. The molecule has 1 aromatic rings. The second kappa shape index (κ2) is 5.47. The summed E-state index contributed by atoms with van der Waals surface area (Å²) in [5.74, 6) is 1.79. The third kappa shape index (κ3) is 2.46. The van der Waals surface area contributed by atoms with Crippen LogP contribution in [0.1, 0.15) is 31.2 Å². The highest BCUT2D eigenvalue weighted by Crippen LogP contribution is 2.39. The summed E-state index contributed by atoms with van der Waals surface area (Å²) in [4.78, 5) is 2.69. The van der Waals surface area contributed by atoms with Crippen LogP contribution in [-0.4, -0.2) is 30.3 Å². The minimum Gasteiger partial charge on any atom is -0.454 e. The van der Waals surface area contributed by atoms with E-state index in [0.29, 0.717) is 12.3 Å². The number of nitrogens with zero attached hydrogens (tertiary/aromatic N) is 1. The molecule has 1 aromatic carbocycles. The third-order valence-corrected chi connectivity index (χ3v) is 6.04. The lowest BCUT2D eigenvalue weighted by molar-refractivity contribution is 0.174. The summed E-state index contributed by atoms with van der Waals surface area (Å²) in [6.07, 6.45) is 11.1. The van der Waals surface area contributed by atoms with E-state index in [9.17, 15) is 0 Å². The Hall–Kier alpha value is -0.750. The van der Waals surface area contributed by atoms with Gasteiger partial charge in [0.15, 0.2) is 11.5 Å². The van der Waals surface area contributed by atoms with E-state index in [2.05, 4.69) is 51.8 Å². The molecule has 4 rings (SSSR count). The molecule has 3 nitrogen and oxygen atoms in total. The normalized spacial score (nSPS) is 27.1. The van der Waals surface area contributed by atoms with Gasteiger partial charge in [-0.3, -0.25) is 4.90 Å². The van der Waals surface area contributed by atoms with E-state index in [1.54, 1.807) is 0 Å². The zero-order chi connectivity index (χ0) is 14.3. The first-order chi connectivity index (χ1) is 10.3. The van der Waals surface area contributed by atoms with Crippen LogP contribution in [-0.2, 0) is 6.42 Å². The molecule has 1 saturated heterocycles. The Labute approximate surface area is 139 Å². The Morgan fingerprint density at radius 1 is 1.19 bits per heavy atom. The van der Waals surface area contributed by atoms with Gasteiger partial charge < -0.3 is 9.47 Å². The van der Waals surface area contributed by atoms with Crippen molar-refractivity contribution in [2.75, 3.05) is 19.9 Å². The Morgan fingerprint density at radius 3 is 2.86 bits per heavy atom. The number of hydrogen-bond acceptors (Lipinski definition) is 3. The van der Waals surface area contributed by atoms with Gasteiger partial charge in [-0.15, -0.1) is 0 Å². The molecule has 0 amide bonds. The molecule has 0 saturated carbocycles. The van der Waals surface area contributed by atoms with Crippen molar-refractivity contribution in [3.05, 3.63) is 33.4 Å². The number of fused-ring (bicyclic) bond motifs is 1. The molecular weight excluding hydrogens is 377 g/mol. The molecule has 1 unspecified atom stereocenters. The summed E-state index contributed by atoms with van der Waals surface area (Å²) < 4.78 is 12.2. The monoisotopic (exact) mass is 397 g/mol. The Kier molecular flexibility index (Phi) is 3.61. The van der Waals surface area contributed by atoms with Crippen molar-refractivity contribution in [3.63, 3.8) is 0 Å². The lowest BCUT2D eigenvalue weighted by Gasteiger charge is -2.34. The first kappa shape index (κ1) is 13.9. The topological polar surface area (TPSA) is 21.7 Å². The van der Waals surface area contributed by atoms with Gasteiger partial charge in [-0.05, 0) is 78.9 Å². The fraction of sp³-hybridized carbons (Fsp3) is 0.529. The average Bonchev–Trinajstić information content (AvgIpc) is 3.19. The standard InChI is InChI=1S/C17H20INO2/c18-14-11-16-15(20-12-21-16)10-13(14)4-9-19-8-3-7-17(19)5-1-2-6-17/h1,5,10-11H,2-4,6-9,12H2. The van der Waals surface area contributed by atoms with E-state index in [1.165, 1.54) is 41.4 Å². The van der Waals surface area contributed by atoms with Gasteiger partial charge in [0.05, 0.1) is 0 Å². The van der Waals surface area contributed by atoms with Crippen LogP contribution in [0.5, 0.6) is 11.5 Å². The molecule has 0 N–H and O–H groups in total. The van der Waals surface area contributed by atoms with Crippen LogP contribution < -0.4 is 9.47 Å². The number of ether oxygens (including phenoxy) is 2. The maximum Gasteiger partial charge on any atom is 0.231 e. The number of rotatable bonds is 3. The Morgan fingerprint density at radius 2 is 2.05 bits per heavy atom. The SMILES string of the molecule is Ic1cc2c(cc1CCN1CCCC13C=CCC3)OCO2. The quantitative estimate of drug-likeness (QED) is 0.573. The summed E-state index contributed by atoms with van der Waals surface area (Å²) in [5, 5.41) is 0. The van der Waals surface area contributed by atoms with Gasteiger partial charge in [0, 0.05) is 15.7 Å². The molecule has 1 spiro atoms. The number of likely N-dealkylation sites (tertiary alicyclic amines) is 1. The third-order valence-electron chi connectivity index (χ3n) is 5.03. The highest BCUT2D eigenvalue weighted by atomic mass is 127. The van der Waals surface area contributed by atoms with Gasteiger partial charge in [-0.25, -0.2) is 0 Å². The van der Waals surface area contributed by atoms with Crippen molar-refractivity contribution in [2.24, 2.45) is 0 Å². The smallest absolute Gasteiger partial charge is 0.231 e. The summed E-state index contributed by atoms with van der Waals surface area (Å²) in [7, 11) is 0. The van der Waals surface area contributed by atoms with Crippen LogP contribution in [0.4, 0.5) is 0 Å². The van der Waals surface area contributed by atoms with Crippen molar-refractivity contribution in [2.45, 2.75) is 37.6 Å². The highest BCUT2D eigenvalue weighted by Gasteiger charge is 2.39. The van der Waals surface area contributed by atoms with Crippen LogP contribution >= 0.6 is 22.6 Å². The molecule has 4 heteroatoms. The van der Waals surface area contributed by atoms with Crippen LogP contribution in [0, 0.1) is 3.57 Å². The molecule has 1 fully saturated rings. The van der Waals surface area contributed by atoms with E-state index in [-0.39, 0.29) is 0 Å². The van der Waals surface area contributed by atoms with Crippen molar-refractivity contribution < 1.29 is 9.47 Å². The van der Waals surface area contributed by atoms with E-state index in [1.807, 2.05) is 0 Å². The van der Waals surface area contributed by atoms with Crippen LogP contribution in [0.25, 0.3) is 0 Å². The molecular formula is C17H20INO2. The van der Waals surface area contributed by atoms with Crippen LogP contribution in [0.2, 0.25) is 0 Å². The lowest BCUT2D eigenvalue weighted by atomic mass is 9.95. The average molecular weight is 397 g/mol. The van der Waals surface area contributed by atoms with Gasteiger partial charge in [0.1, 0.15) is 0 Å². The highest BCUT2D eigenvalue weighted by molar-refractivity contribution is 14.1. The molecule has 112 valence electrons. The number of halogens is 1. The minimum absolute atomic E-state index is 0.356. The first-order valence-electron chi connectivity index (χ1n) is 7.78. The predicted octanol–water partition coefficient (Wildman–Crippen LogP) is 3.75. The number of hydrogen-bond donors (Lipinski definition) is 0. The first-order valence-corrected chi connectivity index (χ1v) is 8.86. The maximum absolute atomic E-state index is 5.51. The molecule has 2 heterocycles. The molecule has 0 bridgehead atoms. The largest absolute Gasteiger partial charge is 0.454 e. The summed E-state index contributed by atoms with van der Waals surface area (Å²) in [6, 6.07) is 4.27. The number of allylic oxidation sites excluding steroid dienone is 1. The number of benzene rings is 1. The van der Waals surface area contributed by atoms with Crippen molar-refractivity contribution >= 4 is 22.6 Å². The van der Waals surface area contributed by atoms with Crippen LogP contribution in [0.3, 0.4) is 0 Å². The van der Waals surface area contributed by atoms with Gasteiger partial charge >= 0.3 is 0 Å². The molecule has 1 atom stereocenters. The molecule has 1 aliphatic carbocycles.